The summed E-state index contributed by atoms with van der Waals surface area (Å²) in [6, 6.07) is 22.7. The molecule has 1 N–H and O–H groups in total. The second-order valence-corrected chi connectivity index (χ2v) is 13.0. The van der Waals surface area contributed by atoms with Crippen LogP contribution in [0.15, 0.2) is 83.8 Å². The van der Waals surface area contributed by atoms with Crippen LogP contribution >= 0.6 is 0 Å². The first-order valence-corrected chi connectivity index (χ1v) is 16.3. The number of benzene rings is 3. The zero-order valence-electron chi connectivity index (χ0n) is 25.1. The number of sulfonamides is 1. The quantitative estimate of drug-likeness (QED) is 0.235. The maximum atomic E-state index is 13.6. The van der Waals surface area contributed by atoms with Crippen molar-refractivity contribution in [3.05, 3.63) is 101 Å². The fourth-order valence-corrected chi connectivity index (χ4v) is 7.15. The number of hydrogen-bond acceptors (Lipinski definition) is 7. The van der Waals surface area contributed by atoms with Crippen molar-refractivity contribution in [1.82, 2.24) is 23.6 Å². The Balaban J connectivity index is 1.31. The Hall–Kier alpha value is -4.81. The highest BCUT2D eigenvalue weighted by Crippen LogP contribution is 2.26. The van der Waals surface area contributed by atoms with E-state index in [-0.39, 0.29) is 10.5 Å². The summed E-state index contributed by atoms with van der Waals surface area (Å²) in [5, 5.41) is 7.58. The number of amides is 1. The number of fused-ring (bicyclic) bond motifs is 1. The number of hydrogen-bond donors (Lipinski definition) is 1. The molecule has 0 saturated carbocycles. The van der Waals surface area contributed by atoms with E-state index in [4.69, 9.17) is 9.72 Å². The third-order valence-electron chi connectivity index (χ3n) is 7.91. The van der Waals surface area contributed by atoms with Gasteiger partial charge >= 0.3 is 5.97 Å². The fraction of sp³-hybridized carbons (Fsp3) is 0.273. The van der Waals surface area contributed by atoms with Crippen molar-refractivity contribution >= 4 is 38.8 Å². The Morgan fingerprint density at radius 1 is 0.889 bits per heavy atom. The van der Waals surface area contributed by atoms with Gasteiger partial charge in [-0.25, -0.2) is 18.2 Å². The summed E-state index contributed by atoms with van der Waals surface area (Å²) in [5.74, 6) is -0.0112. The van der Waals surface area contributed by atoms with Gasteiger partial charge in [-0.1, -0.05) is 43.2 Å². The molecule has 232 valence electrons. The van der Waals surface area contributed by atoms with Crippen molar-refractivity contribution in [2.24, 2.45) is 0 Å². The van der Waals surface area contributed by atoms with Crippen molar-refractivity contribution in [1.29, 1.82) is 0 Å². The molecule has 0 bridgehead atoms. The number of carbonyl (C=O) groups excluding carboxylic acids is 2. The zero-order valence-corrected chi connectivity index (χ0v) is 26.0. The van der Waals surface area contributed by atoms with Crippen LogP contribution in [0.5, 0.6) is 0 Å². The Kier molecular flexibility index (Phi) is 8.50. The van der Waals surface area contributed by atoms with Gasteiger partial charge < -0.3 is 14.6 Å². The van der Waals surface area contributed by atoms with Crippen molar-refractivity contribution in [3.63, 3.8) is 0 Å². The Morgan fingerprint density at radius 3 is 2.36 bits per heavy atom. The monoisotopic (exact) mass is 626 g/mol. The molecule has 3 aromatic carbocycles. The maximum absolute atomic E-state index is 13.6. The van der Waals surface area contributed by atoms with Gasteiger partial charge in [0.05, 0.1) is 40.8 Å². The smallest absolute Gasteiger partial charge is 0.337 e. The second kappa shape index (κ2) is 12.7. The van der Waals surface area contributed by atoms with Crippen LogP contribution in [0.25, 0.3) is 17.0 Å². The lowest BCUT2D eigenvalue weighted by atomic mass is 10.1. The van der Waals surface area contributed by atoms with Gasteiger partial charge in [0.15, 0.2) is 0 Å². The van der Waals surface area contributed by atoms with Gasteiger partial charge in [0.2, 0.25) is 16.0 Å². The van der Waals surface area contributed by atoms with Crippen LogP contribution in [0.2, 0.25) is 0 Å². The lowest BCUT2D eigenvalue weighted by Gasteiger charge is -2.20. The number of carbonyl (C=O) groups is 2. The summed E-state index contributed by atoms with van der Waals surface area (Å²) in [6.45, 7) is 3.19. The predicted molar refractivity (Wildman–Crippen MR) is 170 cm³/mol. The molecule has 12 heteroatoms. The van der Waals surface area contributed by atoms with Gasteiger partial charge in [0.1, 0.15) is 5.82 Å². The number of ether oxygens (including phenoxy) is 1. The molecule has 45 heavy (non-hydrogen) atoms. The van der Waals surface area contributed by atoms with Gasteiger partial charge in [0, 0.05) is 24.7 Å². The highest BCUT2D eigenvalue weighted by atomic mass is 32.2. The largest absolute Gasteiger partial charge is 0.465 e. The van der Waals surface area contributed by atoms with Gasteiger partial charge in [0.25, 0.3) is 5.91 Å². The molecule has 0 spiro atoms. The number of nitrogens with one attached hydrogen (secondary N) is 1. The molecule has 1 saturated heterocycles. The maximum Gasteiger partial charge on any atom is 0.337 e. The molecule has 6 rings (SSSR count). The molecule has 1 fully saturated rings. The lowest BCUT2D eigenvalue weighted by Crippen LogP contribution is -2.32. The number of aryl methyl sites for hydroxylation is 1. The standard InChI is InChI=1S/C33H34N6O5S/c1-23-20-30(35-31(40)26-10-9-11-27(21-26)45(42,43)37-18-7-3-4-8-19-37)39(36-23)33-34-28-12-5-6-13-29(28)38(33)22-24-14-16-25(17-15-24)32(41)44-2/h5-6,9-17,20-21H,3-4,7-8,18-19,22H2,1-2H3,(H,35,40). The number of rotatable bonds is 8. The first-order chi connectivity index (χ1) is 21.7. The summed E-state index contributed by atoms with van der Waals surface area (Å²) < 4.78 is 36.7. The summed E-state index contributed by atoms with van der Waals surface area (Å²) in [5.41, 5.74) is 3.85. The Labute approximate surface area is 261 Å². The molecular formula is C33H34N6O5S. The molecule has 2 aromatic heterocycles. The van der Waals surface area contributed by atoms with Crippen molar-refractivity contribution in [3.8, 4) is 5.95 Å². The molecule has 11 nitrogen and oxygen atoms in total. The summed E-state index contributed by atoms with van der Waals surface area (Å²) in [7, 11) is -2.38. The van der Waals surface area contributed by atoms with Gasteiger partial charge in [-0.05, 0) is 67.8 Å². The lowest BCUT2D eigenvalue weighted by molar-refractivity contribution is 0.0600. The number of methoxy groups -OCH3 is 1. The molecule has 1 aliphatic heterocycles. The first kappa shape index (κ1) is 30.2. The van der Waals surface area contributed by atoms with E-state index in [1.165, 1.54) is 23.5 Å². The molecule has 1 aliphatic rings. The van der Waals surface area contributed by atoms with Crippen LogP contribution in [0, 0.1) is 6.92 Å². The van der Waals surface area contributed by atoms with Crippen molar-refractivity contribution in [2.75, 3.05) is 25.5 Å². The summed E-state index contributed by atoms with van der Waals surface area (Å²) in [4.78, 5) is 30.4. The number of esters is 1. The van der Waals surface area contributed by atoms with E-state index in [1.54, 1.807) is 35.0 Å². The normalized spacial score (nSPS) is 14.3. The molecule has 5 aromatic rings. The van der Waals surface area contributed by atoms with Crippen LogP contribution in [-0.2, 0) is 21.3 Å². The number of anilines is 1. The van der Waals surface area contributed by atoms with E-state index in [0.717, 1.165) is 42.3 Å². The van der Waals surface area contributed by atoms with Crippen LogP contribution in [-0.4, -0.2) is 64.1 Å². The molecule has 0 unspecified atom stereocenters. The summed E-state index contributed by atoms with van der Waals surface area (Å²) >= 11 is 0. The van der Waals surface area contributed by atoms with E-state index in [1.807, 2.05) is 47.9 Å². The summed E-state index contributed by atoms with van der Waals surface area (Å²) in [6.07, 6.45) is 3.67. The highest BCUT2D eigenvalue weighted by Gasteiger charge is 2.26. The molecule has 0 aliphatic carbocycles. The van der Waals surface area contributed by atoms with Gasteiger partial charge in [-0.3, -0.25) is 4.79 Å². The fourth-order valence-electron chi connectivity index (χ4n) is 5.59. The highest BCUT2D eigenvalue weighted by molar-refractivity contribution is 7.89. The van der Waals surface area contributed by atoms with Crippen LogP contribution < -0.4 is 5.32 Å². The first-order valence-electron chi connectivity index (χ1n) is 14.9. The minimum absolute atomic E-state index is 0.0988. The van der Waals surface area contributed by atoms with Crippen LogP contribution in [0.3, 0.4) is 0 Å². The zero-order chi connectivity index (χ0) is 31.6. The van der Waals surface area contributed by atoms with E-state index < -0.39 is 21.9 Å². The minimum atomic E-state index is -3.72. The SMILES string of the molecule is COC(=O)c1ccc(Cn2c(-n3nc(C)cc3NC(=O)c3cccc(S(=O)(=O)N4CCCCCC4)c3)nc3ccccc32)cc1. The van der Waals surface area contributed by atoms with E-state index in [0.29, 0.717) is 42.7 Å². The van der Waals surface area contributed by atoms with E-state index in [2.05, 4.69) is 10.4 Å². The van der Waals surface area contributed by atoms with Crippen LogP contribution in [0.1, 0.15) is 57.7 Å². The second-order valence-electron chi connectivity index (χ2n) is 11.1. The van der Waals surface area contributed by atoms with Crippen molar-refractivity contribution in [2.45, 2.75) is 44.0 Å². The van der Waals surface area contributed by atoms with Crippen molar-refractivity contribution < 1.29 is 22.7 Å². The Bertz CT molecular complexity index is 1970. The number of aromatic nitrogens is 4. The van der Waals surface area contributed by atoms with Crippen LogP contribution in [0.4, 0.5) is 5.82 Å². The van der Waals surface area contributed by atoms with Gasteiger partial charge in [-0.2, -0.15) is 14.1 Å². The molecule has 0 atom stereocenters. The average molecular weight is 627 g/mol. The molecule has 1 amide bonds. The van der Waals surface area contributed by atoms with E-state index in [9.17, 15) is 18.0 Å². The molecular weight excluding hydrogens is 592 g/mol. The van der Waals surface area contributed by atoms with Gasteiger partial charge in [-0.15, -0.1) is 0 Å². The number of para-hydroxylation sites is 2. The number of imidazole rings is 1. The Morgan fingerprint density at radius 2 is 1.62 bits per heavy atom. The van der Waals surface area contributed by atoms with E-state index >= 15 is 0 Å². The average Bonchev–Trinajstić information content (AvgIpc) is 3.45. The predicted octanol–water partition coefficient (Wildman–Crippen LogP) is 5.18. The molecule has 3 heterocycles. The molecule has 0 radical (unpaired) electrons. The topological polar surface area (TPSA) is 128 Å². The number of nitrogens with zero attached hydrogens (tertiary/aromatic N) is 5. The third-order valence-corrected chi connectivity index (χ3v) is 9.81. The third kappa shape index (κ3) is 6.24. The minimum Gasteiger partial charge on any atom is -0.465 e.